The van der Waals surface area contributed by atoms with E-state index in [0.717, 1.165) is 18.9 Å². The Morgan fingerprint density at radius 2 is 2.36 bits per heavy atom. The van der Waals surface area contributed by atoms with Crippen LogP contribution >= 0.6 is 0 Å². The maximum absolute atomic E-state index is 10.3. The maximum atomic E-state index is 10.3. The van der Waals surface area contributed by atoms with Gasteiger partial charge in [0, 0.05) is 12.0 Å². The molecule has 0 unspecified atom stereocenters. The van der Waals surface area contributed by atoms with E-state index in [2.05, 4.69) is 5.32 Å². The molecule has 3 fully saturated rings. The van der Waals surface area contributed by atoms with Gasteiger partial charge < -0.3 is 10.4 Å². The lowest BCUT2D eigenvalue weighted by atomic mass is 9.71. The fourth-order valence-electron chi connectivity index (χ4n) is 2.33. The number of aliphatic carboxylic acids is 1. The molecule has 2 heterocycles. The minimum atomic E-state index is -0.670. The normalized spacial score (nSPS) is 40.2. The van der Waals surface area contributed by atoms with Crippen LogP contribution in [0.15, 0.2) is 0 Å². The summed E-state index contributed by atoms with van der Waals surface area (Å²) in [4.78, 5) is 10.3. The number of hydrogen-bond donors (Lipinski definition) is 2. The van der Waals surface area contributed by atoms with E-state index in [1.54, 1.807) is 0 Å². The number of fused-ring (bicyclic) bond motifs is 1. The van der Waals surface area contributed by atoms with Gasteiger partial charge >= 0.3 is 5.97 Å². The average molecular weight is 155 g/mol. The largest absolute Gasteiger partial charge is 0.481 e. The Morgan fingerprint density at radius 3 is 2.82 bits per heavy atom. The zero-order valence-corrected chi connectivity index (χ0v) is 6.47. The molecule has 3 nitrogen and oxygen atoms in total. The van der Waals surface area contributed by atoms with Gasteiger partial charge in [-0.1, -0.05) is 0 Å². The predicted molar refractivity (Wildman–Crippen MR) is 40.3 cm³/mol. The zero-order valence-electron chi connectivity index (χ0n) is 6.47. The van der Waals surface area contributed by atoms with E-state index in [1.807, 2.05) is 0 Å². The second kappa shape index (κ2) is 2.21. The van der Waals surface area contributed by atoms with Crippen molar-refractivity contribution in [2.75, 3.05) is 6.54 Å². The first-order chi connectivity index (χ1) is 5.20. The van der Waals surface area contributed by atoms with E-state index < -0.39 is 5.97 Å². The molecule has 3 heteroatoms. The van der Waals surface area contributed by atoms with Crippen LogP contribution < -0.4 is 5.32 Å². The second-order valence-corrected chi connectivity index (χ2v) is 3.83. The monoisotopic (exact) mass is 155 g/mol. The third-order valence-corrected chi connectivity index (χ3v) is 2.94. The van der Waals surface area contributed by atoms with Crippen molar-refractivity contribution in [2.45, 2.75) is 31.2 Å². The minimum absolute atomic E-state index is 0.239. The first-order valence-corrected chi connectivity index (χ1v) is 4.17. The fraction of sp³-hybridized carbons (Fsp3) is 0.875. The van der Waals surface area contributed by atoms with Crippen LogP contribution in [0.2, 0.25) is 0 Å². The molecule has 3 aliphatic rings. The van der Waals surface area contributed by atoms with Gasteiger partial charge in [0.2, 0.25) is 0 Å². The first kappa shape index (κ1) is 7.10. The third-order valence-electron chi connectivity index (χ3n) is 2.94. The summed E-state index contributed by atoms with van der Waals surface area (Å²) in [5.74, 6) is 0.181. The Hall–Kier alpha value is -0.570. The molecular weight excluding hydrogens is 142 g/mol. The van der Waals surface area contributed by atoms with Gasteiger partial charge in [0.15, 0.2) is 0 Å². The molecule has 11 heavy (non-hydrogen) atoms. The van der Waals surface area contributed by atoms with E-state index in [0.29, 0.717) is 6.42 Å². The SMILES string of the molecule is O=C(O)CCC12CC(CN1)C2. The number of nitrogens with one attached hydrogen (secondary N) is 1. The van der Waals surface area contributed by atoms with E-state index in [9.17, 15) is 4.79 Å². The van der Waals surface area contributed by atoms with Gasteiger partial charge in [0.05, 0.1) is 0 Å². The Balaban J connectivity index is 1.82. The lowest BCUT2D eigenvalue weighted by Gasteiger charge is -2.37. The van der Waals surface area contributed by atoms with E-state index in [1.165, 1.54) is 12.8 Å². The Kier molecular flexibility index (Phi) is 1.42. The summed E-state index contributed by atoms with van der Waals surface area (Å²) in [5, 5.41) is 11.9. The van der Waals surface area contributed by atoms with Crippen molar-refractivity contribution < 1.29 is 9.90 Å². The van der Waals surface area contributed by atoms with Gasteiger partial charge in [-0.05, 0) is 31.7 Å². The van der Waals surface area contributed by atoms with Crippen LogP contribution in [0.3, 0.4) is 0 Å². The van der Waals surface area contributed by atoms with E-state index in [4.69, 9.17) is 5.11 Å². The molecule has 1 saturated carbocycles. The quantitative estimate of drug-likeness (QED) is 0.627. The van der Waals surface area contributed by atoms with Gasteiger partial charge in [-0.2, -0.15) is 0 Å². The molecule has 0 aromatic rings. The fourth-order valence-corrected chi connectivity index (χ4v) is 2.33. The molecule has 0 aromatic heterocycles. The molecule has 0 atom stereocenters. The van der Waals surface area contributed by atoms with Crippen molar-refractivity contribution >= 4 is 5.97 Å². The van der Waals surface area contributed by atoms with Crippen molar-refractivity contribution in [3.8, 4) is 0 Å². The van der Waals surface area contributed by atoms with Gasteiger partial charge in [0.1, 0.15) is 0 Å². The summed E-state index contributed by atoms with van der Waals surface area (Å²) in [7, 11) is 0. The maximum Gasteiger partial charge on any atom is 0.303 e. The number of carboxylic acids is 1. The highest BCUT2D eigenvalue weighted by atomic mass is 16.4. The number of carboxylic acid groups (broad SMARTS) is 1. The predicted octanol–water partition coefficient (Wildman–Crippen LogP) is 0.603. The molecule has 0 amide bonds. The summed E-state index contributed by atoms with van der Waals surface area (Å²) in [6.45, 7) is 1.11. The molecule has 2 bridgehead atoms. The summed E-state index contributed by atoms with van der Waals surface area (Å²) >= 11 is 0. The van der Waals surface area contributed by atoms with Crippen LogP contribution in [-0.2, 0) is 4.79 Å². The van der Waals surface area contributed by atoms with Crippen LogP contribution in [0.1, 0.15) is 25.7 Å². The second-order valence-electron chi connectivity index (χ2n) is 3.83. The van der Waals surface area contributed by atoms with Gasteiger partial charge in [-0.15, -0.1) is 0 Å². The van der Waals surface area contributed by atoms with Crippen LogP contribution in [0, 0.1) is 5.92 Å². The van der Waals surface area contributed by atoms with Gasteiger partial charge in [-0.25, -0.2) is 0 Å². The van der Waals surface area contributed by atoms with Crippen molar-refractivity contribution in [2.24, 2.45) is 5.92 Å². The van der Waals surface area contributed by atoms with Crippen molar-refractivity contribution in [1.29, 1.82) is 0 Å². The molecular formula is C8H13NO2. The lowest BCUT2D eigenvalue weighted by molar-refractivity contribution is -0.137. The molecule has 0 radical (unpaired) electrons. The van der Waals surface area contributed by atoms with Crippen molar-refractivity contribution in [3.05, 3.63) is 0 Å². The first-order valence-electron chi connectivity index (χ1n) is 4.17. The molecule has 2 saturated heterocycles. The Labute approximate surface area is 65.8 Å². The minimum Gasteiger partial charge on any atom is -0.481 e. The zero-order chi connectivity index (χ0) is 7.90. The third kappa shape index (κ3) is 1.13. The Bertz CT molecular complexity index is 179. The van der Waals surface area contributed by atoms with Crippen LogP contribution in [-0.4, -0.2) is 23.2 Å². The summed E-state index contributed by atoms with van der Waals surface area (Å²) in [5.41, 5.74) is 0.239. The van der Waals surface area contributed by atoms with Gasteiger partial charge in [-0.3, -0.25) is 4.79 Å². The summed E-state index contributed by atoms with van der Waals surface area (Å²) in [6.07, 6.45) is 3.55. The topological polar surface area (TPSA) is 49.3 Å². The highest BCUT2D eigenvalue weighted by Crippen LogP contribution is 2.46. The summed E-state index contributed by atoms with van der Waals surface area (Å²) < 4.78 is 0. The smallest absolute Gasteiger partial charge is 0.303 e. The number of hydrogen-bond acceptors (Lipinski definition) is 2. The molecule has 1 aliphatic carbocycles. The van der Waals surface area contributed by atoms with Crippen LogP contribution in [0.25, 0.3) is 0 Å². The molecule has 3 rings (SSSR count). The molecule has 0 aromatic carbocycles. The summed E-state index contributed by atoms with van der Waals surface area (Å²) in [6, 6.07) is 0. The van der Waals surface area contributed by atoms with E-state index in [-0.39, 0.29) is 5.54 Å². The van der Waals surface area contributed by atoms with Crippen LogP contribution in [0.5, 0.6) is 0 Å². The average Bonchev–Trinajstić information content (AvgIpc) is 2.38. The Morgan fingerprint density at radius 1 is 1.64 bits per heavy atom. The highest BCUT2D eigenvalue weighted by Gasteiger charge is 2.49. The highest BCUT2D eigenvalue weighted by molar-refractivity contribution is 5.66. The van der Waals surface area contributed by atoms with Gasteiger partial charge in [0.25, 0.3) is 0 Å². The number of carbonyl (C=O) groups is 1. The molecule has 2 aliphatic heterocycles. The standard InChI is InChI=1S/C8H13NO2/c10-7(11)1-2-8-3-6(4-8)5-9-8/h6,9H,1-5H2,(H,10,11). The lowest BCUT2D eigenvalue weighted by Crippen LogP contribution is -2.43. The van der Waals surface area contributed by atoms with Crippen molar-refractivity contribution in [3.63, 3.8) is 0 Å². The van der Waals surface area contributed by atoms with Crippen molar-refractivity contribution in [1.82, 2.24) is 5.32 Å². The van der Waals surface area contributed by atoms with Crippen LogP contribution in [0.4, 0.5) is 0 Å². The molecule has 0 spiro atoms. The molecule has 2 N–H and O–H groups in total. The number of rotatable bonds is 3. The van der Waals surface area contributed by atoms with E-state index >= 15 is 0 Å². The molecule has 62 valence electrons.